The van der Waals surface area contributed by atoms with Crippen LogP contribution < -0.4 is 0 Å². The minimum absolute atomic E-state index is 0.656. The molecule has 4 nitrogen and oxygen atoms in total. The fraction of sp³-hybridized carbons (Fsp3) is 0.167. The van der Waals surface area contributed by atoms with E-state index in [2.05, 4.69) is 0 Å². The molecule has 2 unspecified atom stereocenters. The summed E-state index contributed by atoms with van der Waals surface area (Å²) in [4.78, 5) is 0. The molecule has 28 heavy (non-hydrogen) atoms. The minimum atomic E-state index is -1.05. The second-order valence-electron chi connectivity index (χ2n) is 7.72. The Kier molecular flexibility index (Phi) is 3.13. The number of benzene rings is 4. The summed E-state index contributed by atoms with van der Waals surface area (Å²) in [6, 6.07) is 15.6. The molecular formula is C24H18O4. The van der Waals surface area contributed by atoms with Gasteiger partial charge in [-0.15, -0.1) is 0 Å². The summed E-state index contributed by atoms with van der Waals surface area (Å²) < 4.78 is 0. The lowest BCUT2D eigenvalue weighted by atomic mass is 9.76. The zero-order chi connectivity index (χ0) is 19.2. The maximum atomic E-state index is 10.9. The van der Waals surface area contributed by atoms with Crippen molar-refractivity contribution in [3.05, 3.63) is 76.9 Å². The third-order valence-electron chi connectivity index (χ3n) is 6.29. The summed E-state index contributed by atoms with van der Waals surface area (Å²) in [5.41, 5.74) is 2.78. The molecule has 4 atom stereocenters. The highest BCUT2D eigenvalue weighted by Crippen LogP contribution is 2.51. The van der Waals surface area contributed by atoms with E-state index >= 15 is 0 Å². The average molecular weight is 370 g/mol. The van der Waals surface area contributed by atoms with Gasteiger partial charge in [0.1, 0.15) is 24.4 Å². The van der Waals surface area contributed by atoms with E-state index in [-0.39, 0.29) is 0 Å². The van der Waals surface area contributed by atoms with Gasteiger partial charge in [0, 0.05) is 0 Å². The summed E-state index contributed by atoms with van der Waals surface area (Å²) in [6.07, 6.45) is -0.755. The highest BCUT2D eigenvalue weighted by Gasteiger charge is 2.35. The van der Waals surface area contributed by atoms with Crippen LogP contribution in [-0.4, -0.2) is 26.5 Å². The third-order valence-corrected chi connectivity index (χ3v) is 6.29. The van der Waals surface area contributed by atoms with Crippen LogP contribution in [0.3, 0.4) is 0 Å². The van der Waals surface area contributed by atoms with E-state index in [4.69, 9.17) is 0 Å². The van der Waals surface area contributed by atoms with E-state index in [9.17, 15) is 20.4 Å². The van der Waals surface area contributed by atoms with Crippen LogP contribution in [-0.2, 0) is 0 Å². The first-order chi connectivity index (χ1) is 13.6. The van der Waals surface area contributed by atoms with Gasteiger partial charge in [0.05, 0.1) is 0 Å². The van der Waals surface area contributed by atoms with Crippen LogP contribution in [0, 0.1) is 0 Å². The van der Waals surface area contributed by atoms with Gasteiger partial charge in [0.15, 0.2) is 0 Å². The summed E-state index contributed by atoms with van der Waals surface area (Å²) in [5, 5.41) is 48.4. The van der Waals surface area contributed by atoms with Gasteiger partial charge in [-0.05, 0) is 60.6 Å². The molecule has 0 saturated carbocycles. The largest absolute Gasteiger partial charge is 0.386 e. The Balaban J connectivity index is 2.00. The van der Waals surface area contributed by atoms with Gasteiger partial charge in [-0.25, -0.2) is 0 Å². The van der Waals surface area contributed by atoms with Gasteiger partial charge < -0.3 is 20.4 Å². The summed E-state index contributed by atoms with van der Waals surface area (Å²) in [7, 11) is 0. The predicted octanol–water partition coefficient (Wildman–Crippen LogP) is 3.65. The third kappa shape index (κ3) is 1.83. The van der Waals surface area contributed by atoms with Crippen molar-refractivity contribution in [3.8, 4) is 0 Å². The zero-order valence-electron chi connectivity index (χ0n) is 14.9. The van der Waals surface area contributed by atoms with Crippen molar-refractivity contribution in [2.24, 2.45) is 0 Å². The monoisotopic (exact) mass is 370 g/mol. The first-order valence-corrected chi connectivity index (χ1v) is 9.42. The van der Waals surface area contributed by atoms with Crippen LogP contribution in [0.4, 0.5) is 0 Å². The molecule has 0 bridgehead atoms. The Morgan fingerprint density at radius 2 is 1.29 bits per heavy atom. The standard InChI is InChI=1S/C24H18O4/c25-17-9-8-11-10-16-21-19-13(6-3-7-15(19)22(26)23(16)27)12-4-1-2-5-14(12)20(21)18(11)24(17)28/h1-10,17,22-28H/t17?,22-,23-,24?/m1/s1. The number of fused-ring (bicyclic) bond motifs is 5. The lowest BCUT2D eigenvalue weighted by Crippen LogP contribution is -2.22. The molecule has 0 radical (unpaired) electrons. The van der Waals surface area contributed by atoms with Crippen LogP contribution in [0.2, 0.25) is 0 Å². The van der Waals surface area contributed by atoms with Gasteiger partial charge in [-0.3, -0.25) is 0 Å². The molecule has 0 aromatic heterocycles. The van der Waals surface area contributed by atoms with E-state index in [1.807, 2.05) is 48.5 Å². The number of hydrogen-bond acceptors (Lipinski definition) is 4. The van der Waals surface area contributed by atoms with Gasteiger partial charge in [-0.1, -0.05) is 54.6 Å². The lowest BCUT2D eigenvalue weighted by molar-refractivity contribution is 0.0177. The Bertz CT molecular complexity index is 1340. The second-order valence-corrected chi connectivity index (χ2v) is 7.72. The van der Waals surface area contributed by atoms with Gasteiger partial charge in [0.25, 0.3) is 0 Å². The van der Waals surface area contributed by atoms with Crippen LogP contribution in [0.1, 0.15) is 40.6 Å². The topological polar surface area (TPSA) is 80.9 Å². The first kappa shape index (κ1) is 16.2. The number of aliphatic hydroxyl groups excluding tert-OH is 4. The molecule has 4 aromatic rings. The van der Waals surface area contributed by atoms with Crippen molar-refractivity contribution in [1.82, 2.24) is 0 Å². The summed E-state index contributed by atoms with van der Waals surface area (Å²) in [5.74, 6) is 0. The van der Waals surface area contributed by atoms with E-state index in [0.717, 1.165) is 37.9 Å². The Morgan fingerprint density at radius 1 is 0.607 bits per heavy atom. The summed E-state index contributed by atoms with van der Waals surface area (Å²) in [6.45, 7) is 0. The predicted molar refractivity (Wildman–Crippen MR) is 109 cm³/mol. The highest BCUT2D eigenvalue weighted by molar-refractivity contribution is 6.28. The van der Waals surface area contributed by atoms with E-state index in [0.29, 0.717) is 16.7 Å². The molecule has 4 N–H and O–H groups in total. The fourth-order valence-electron chi connectivity index (χ4n) is 5.05. The smallest absolute Gasteiger partial charge is 0.110 e. The van der Waals surface area contributed by atoms with Crippen molar-refractivity contribution in [1.29, 1.82) is 0 Å². The molecule has 2 aliphatic rings. The quantitative estimate of drug-likeness (QED) is 0.356. The molecular weight excluding hydrogens is 352 g/mol. The van der Waals surface area contributed by atoms with Crippen molar-refractivity contribution in [2.75, 3.05) is 0 Å². The minimum Gasteiger partial charge on any atom is -0.386 e. The molecule has 138 valence electrons. The molecule has 0 amide bonds. The van der Waals surface area contributed by atoms with Crippen LogP contribution in [0.5, 0.6) is 0 Å². The maximum Gasteiger partial charge on any atom is 0.110 e. The fourth-order valence-corrected chi connectivity index (χ4v) is 5.05. The number of aliphatic hydroxyl groups is 4. The van der Waals surface area contributed by atoms with Crippen molar-refractivity contribution < 1.29 is 20.4 Å². The molecule has 0 saturated heterocycles. The van der Waals surface area contributed by atoms with Gasteiger partial charge in [-0.2, -0.15) is 0 Å². The maximum absolute atomic E-state index is 10.9. The zero-order valence-corrected chi connectivity index (χ0v) is 14.9. The number of rotatable bonds is 0. The average Bonchev–Trinajstić information content (AvgIpc) is 2.73. The van der Waals surface area contributed by atoms with E-state index in [1.165, 1.54) is 0 Å². The molecule has 0 heterocycles. The Hall–Kier alpha value is -2.76. The number of hydrogen-bond donors (Lipinski definition) is 4. The Morgan fingerprint density at radius 3 is 2.11 bits per heavy atom. The molecule has 0 aliphatic heterocycles. The molecule has 0 fully saturated rings. The second kappa shape index (κ2) is 5.40. The van der Waals surface area contributed by atoms with Gasteiger partial charge >= 0.3 is 0 Å². The highest BCUT2D eigenvalue weighted by atomic mass is 16.3. The summed E-state index contributed by atoms with van der Waals surface area (Å²) >= 11 is 0. The molecule has 0 spiro atoms. The molecule has 4 heteroatoms. The molecule has 2 aliphatic carbocycles. The normalized spacial score (nSPS) is 25.7. The SMILES string of the molecule is OC1C=Cc2cc3c4c5c(cccc5c5ccccc5c4c2C1O)[C@@H](O)[C@@H]3O. The Labute approximate surface area is 160 Å². The van der Waals surface area contributed by atoms with Crippen LogP contribution in [0.25, 0.3) is 38.4 Å². The van der Waals surface area contributed by atoms with E-state index in [1.54, 1.807) is 12.2 Å². The van der Waals surface area contributed by atoms with Crippen molar-refractivity contribution >= 4 is 38.4 Å². The first-order valence-electron chi connectivity index (χ1n) is 9.42. The van der Waals surface area contributed by atoms with E-state index < -0.39 is 24.4 Å². The molecule has 4 aromatic carbocycles. The van der Waals surface area contributed by atoms with Crippen LogP contribution in [0.15, 0.2) is 54.6 Å². The molecule has 6 rings (SSSR count). The lowest BCUT2D eigenvalue weighted by Gasteiger charge is -2.32. The van der Waals surface area contributed by atoms with Crippen molar-refractivity contribution in [2.45, 2.75) is 24.4 Å². The van der Waals surface area contributed by atoms with Crippen molar-refractivity contribution in [3.63, 3.8) is 0 Å². The van der Waals surface area contributed by atoms with Gasteiger partial charge in [0.2, 0.25) is 0 Å². The van der Waals surface area contributed by atoms with Crippen LogP contribution >= 0.6 is 0 Å².